The monoisotopic (exact) mass is 244 g/mol. The predicted molar refractivity (Wildman–Crippen MR) is 63.9 cm³/mol. The van der Waals surface area contributed by atoms with E-state index in [1.54, 1.807) is 26.1 Å². The van der Waals surface area contributed by atoms with Gasteiger partial charge in [0, 0.05) is 23.1 Å². The van der Waals surface area contributed by atoms with Crippen LogP contribution in [0.2, 0.25) is 0 Å². The summed E-state index contributed by atoms with van der Waals surface area (Å²) in [5, 5.41) is 8.83. The molecule has 0 atom stereocenters. The second-order valence-electron chi connectivity index (χ2n) is 3.86. The molecule has 0 saturated carbocycles. The lowest BCUT2D eigenvalue weighted by Crippen LogP contribution is -2.08. The fourth-order valence-corrected chi connectivity index (χ4v) is 1.68. The van der Waals surface area contributed by atoms with Crippen LogP contribution >= 0.6 is 0 Å². The van der Waals surface area contributed by atoms with Crippen LogP contribution in [-0.2, 0) is 11.2 Å². The van der Waals surface area contributed by atoms with Gasteiger partial charge in [-0.05, 0) is 19.9 Å². The van der Waals surface area contributed by atoms with E-state index in [0.29, 0.717) is 28.5 Å². The van der Waals surface area contributed by atoms with Crippen molar-refractivity contribution in [3.05, 3.63) is 35.5 Å². The molecule has 2 rings (SSSR count). The van der Waals surface area contributed by atoms with Crippen LogP contribution in [0.4, 0.5) is 0 Å². The molecule has 0 spiro atoms. The topological polar surface area (TPSA) is 88.9 Å². The molecule has 0 aliphatic rings. The highest BCUT2D eigenvalue weighted by Gasteiger charge is 2.13. The Morgan fingerprint density at radius 2 is 1.94 bits per heavy atom. The van der Waals surface area contributed by atoms with Gasteiger partial charge >= 0.3 is 5.97 Å². The maximum absolute atomic E-state index is 10.8. The Morgan fingerprint density at radius 1 is 1.28 bits per heavy atom. The van der Waals surface area contributed by atoms with Crippen LogP contribution in [0.15, 0.2) is 18.6 Å². The number of nitrogens with zero attached hydrogens (tertiary/aromatic N) is 4. The molecule has 1 N–H and O–H groups in total. The molecule has 0 aliphatic carbocycles. The van der Waals surface area contributed by atoms with E-state index < -0.39 is 5.97 Å². The zero-order valence-electron chi connectivity index (χ0n) is 10.1. The summed E-state index contributed by atoms with van der Waals surface area (Å²) in [6.07, 6.45) is 2.97. The fraction of sp³-hybridized carbons (Fsp3) is 0.250. The van der Waals surface area contributed by atoms with E-state index in [2.05, 4.69) is 19.9 Å². The molecule has 6 heteroatoms. The molecule has 2 aromatic heterocycles. The van der Waals surface area contributed by atoms with Crippen molar-refractivity contribution in [2.75, 3.05) is 0 Å². The first-order chi connectivity index (χ1) is 8.58. The second-order valence-corrected chi connectivity index (χ2v) is 3.86. The molecule has 0 unspecified atom stereocenters. The van der Waals surface area contributed by atoms with Crippen molar-refractivity contribution in [2.24, 2.45) is 0 Å². The number of carbonyl (C=O) groups is 1. The molecule has 92 valence electrons. The van der Waals surface area contributed by atoms with Gasteiger partial charge < -0.3 is 5.11 Å². The van der Waals surface area contributed by atoms with Crippen molar-refractivity contribution < 1.29 is 9.90 Å². The third-order valence-electron chi connectivity index (χ3n) is 2.56. The van der Waals surface area contributed by atoms with E-state index in [4.69, 9.17) is 5.11 Å². The van der Waals surface area contributed by atoms with E-state index in [0.717, 1.165) is 0 Å². The van der Waals surface area contributed by atoms with Gasteiger partial charge in [-0.3, -0.25) is 4.79 Å². The zero-order chi connectivity index (χ0) is 13.1. The molecule has 0 bridgehead atoms. The molecule has 6 nitrogen and oxygen atoms in total. The predicted octanol–water partition coefficient (Wildman–Crippen LogP) is 1.18. The molecule has 0 aromatic carbocycles. The Hall–Kier alpha value is -2.37. The maximum Gasteiger partial charge on any atom is 0.307 e. The minimum atomic E-state index is -0.889. The third-order valence-corrected chi connectivity index (χ3v) is 2.56. The lowest BCUT2D eigenvalue weighted by Gasteiger charge is -2.08. The number of aromatic nitrogens is 4. The second kappa shape index (κ2) is 4.87. The Bertz CT molecular complexity index is 561. The number of carboxylic acid groups (broad SMARTS) is 1. The highest BCUT2D eigenvalue weighted by Crippen LogP contribution is 2.16. The van der Waals surface area contributed by atoms with Crippen molar-refractivity contribution in [1.82, 2.24) is 19.9 Å². The van der Waals surface area contributed by atoms with Gasteiger partial charge in [-0.15, -0.1) is 0 Å². The average Bonchev–Trinajstić information content (AvgIpc) is 2.34. The fourth-order valence-electron chi connectivity index (χ4n) is 1.68. The summed E-state index contributed by atoms with van der Waals surface area (Å²) in [7, 11) is 0. The first kappa shape index (κ1) is 12.1. The van der Waals surface area contributed by atoms with Crippen molar-refractivity contribution >= 4 is 5.97 Å². The highest BCUT2D eigenvalue weighted by atomic mass is 16.4. The molecular weight excluding hydrogens is 232 g/mol. The van der Waals surface area contributed by atoms with Crippen LogP contribution in [0.3, 0.4) is 0 Å². The van der Waals surface area contributed by atoms with Gasteiger partial charge in [-0.2, -0.15) is 0 Å². The summed E-state index contributed by atoms with van der Waals surface area (Å²) >= 11 is 0. The van der Waals surface area contributed by atoms with Gasteiger partial charge in [0.1, 0.15) is 12.0 Å². The Balaban J connectivity index is 2.46. The van der Waals surface area contributed by atoms with Crippen LogP contribution < -0.4 is 0 Å². The average molecular weight is 244 g/mol. The SMILES string of the molecule is Cc1nc(-c2ccncn2)nc(C)c1CC(=O)O. The number of aryl methyl sites for hydroxylation is 2. The van der Waals surface area contributed by atoms with E-state index >= 15 is 0 Å². The van der Waals surface area contributed by atoms with Gasteiger partial charge in [-0.1, -0.05) is 0 Å². The number of hydrogen-bond donors (Lipinski definition) is 1. The largest absolute Gasteiger partial charge is 0.481 e. The normalized spacial score (nSPS) is 10.3. The first-order valence-corrected chi connectivity index (χ1v) is 5.40. The van der Waals surface area contributed by atoms with Crippen LogP contribution in [-0.4, -0.2) is 31.0 Å². The molecule has 0 saturated heterocycles. The molecule has 0 amide bonds. The van der Waals surface area contributed by atoms with Crippen molar-refractivity contribution in [3.8, 4) is 11.5 Å². The molecule has 0 aliphatic heterocycles. The van der Waals surface area contributed by atoms with E-state index in [9.17, 15) is 4.79 Å². The Morgan fingerprint density at radius 3 is 2.44 bits per heavy atom. The Kier molecular flexibility index (Phi) is 3.27. The first-order valence-electron chi connectivity index (χ1n) is 5.40. The maximum atomic E-state index is 10.8. The summed E-state index contributed by atoms with van der Waals surface area (Å²) < 4.78 is 0. The lowest BCUT2D eigenvalue weighted by molar-refractivity contribution is -0.136. The summed E-state index contributed by atoms with van der Waals surface area (Å²) in [4.78, 5) is 27.2. The number of hydrogen-bond acceptors (Lipinski definition) is 5. The summed E-state index contributed by atoms with van der Waals surface area (Å²) in [6, 6.07) is 1.71. The van der Waals surface area contributed by atoms with Crippen molar-refractivity contribution in [2.45, 2.75) is 20.3 Å². The zero-order valence-corrected chi connectivity index (χ0v) is 10.1. The van der Waals surface area contributed by atoms with Crippen LogP contribution in [0, 0.1) is 13.8 Å². The van der Waals surface area contributed by atoms with Gasteiger partial charge in [0.25, 0.3) is 0 Å². The third kappa shape index (κ3) is 2.48. The molecular formula is C12H12N4O2. The quantitative estimate of drug-likeness (QED) is 0.872. The lowest BCUT2D eigenvalue weighted by atomic mass is 10.1. The minimum absolute atomic E-state index is 0.0677. The van der Waals surface area contributed by atoms with Gasteiger partial charge in [0.05, 0.1) is 6.42 Å². The summed E-state index contributed by atoms with van der Waals surface area (Å²) in [5.41, 5.74) is 2.61. The standard InChI is InChI=1S/C12H12N4O2/c1-7-9(5-11(17)18)8(2)16-12(15-7)10-3-4-13-6-14-10/h3-4,6H,5H2,1-2H3,(H,17,18). The molecule has 18 heavy (non-hydrogen) atoms. The summed E-state index contributed by atoms with van der Waals surface area (Å²) in [6.45, 7) is 3.55. The van der Waals surface area contributed by atoms with Crippen LogP contribution in [0.25, 0.3) is 11.5 Å². The van der Waals surface area contributed by atoms with Crippen molar-refractivity contribution in [1.29, 1.82) is 0 Å². The smallest absolute Gasteiger partial charge is 0.307 e. The number of carboxylic acids is 1. The van der Waals surface area contributed by atoms with Crippen LogP contribution in [0.1, 0.15) is 17.0 Å². The van der Waals surface area contributed by atoms with Gasteiger partial charge in [0.2, 0.25) is 0 Å². The highest BCUT2D eigenvalue weighted by molar-refractivity contribution is 5.71. The van der Waals surface area contributed by atoms with E-state index in [1.165, 1.54) is 6.33 Å². The molecule has 0 fully saturated rings. The van der Waals surface area contributed by atoms with Gasteiger partial charge in [0.15, 0.2) is 5.82 Å². The number of rotatable bonds is 3. The Labute approximate surface area is 104 Å². The van der Waals surface area contributed by atoms with Gasteiger partial charge in [-0.25, -0.2) is 19.9 Å². The van der Waals surface area contributed by atoms with Crippen molar-refractivity contribution in [3.63, 3.8) is 0 Å². The number of aliphatic carboxylic acids is 1. The minimum Gasteiger partial charge on any atom is -0.481 e. The van der Waals surface area contributed by atoms with Crippen LogP contribution in [0.5, 0.6) is 0 Å². The van der Waals surface area contributed by atoms with E-state index in [1.807, 2.05) is 0 Å². The summed E-state index contributed by atoms with van der Waals surface area (Å²) in [5.74, 6) is -0.402. The van der Waals surface area contributed by atoms with E-state index in [-0.39, 0.29) is 6.42 Å². The molecule has 2 heterocycles. The molecule has 0 radical (unpaired) electrons. The molecule has 2 aromatic rings.